The van der Waals surface area contributed by atoms with E-state index in [0.717, 1.165) is 25.7 Å². The number of amides is 2. The topological polar surface area (TPSA) is 89.3 Å². The number of halogens is 1. The van der Waals surface area contributed by atoms with Crippen molar-refractivity contribution in [2.24, 2.45) is 0 Å². The minimum Gasteiger partial charge on any atom is -0.494 e. The van der Waals surface area contributed by atoms with Gasteiger partial charge in [0, 0.05) is 23.4 Å². The first kappa shape index (κ1) is 25.4. The molecule has 1 fully saturated rings. The molecule has 1 N–H and O–H groups in total. The van der Waals surface area contributed by atoms with Gasteiger partial charge >= 0.3 is 0 Å². The second kappa shape index (κ2) is 11.4. The molecule has 5 rings (SSSR count). The second-order valence-corrected chi connectivity index (χ2v) is 9.34. The Morgan fingerprint density at radius 2 is 1.84 bits per heavy atom. The molecule has 0 spiro atoms. The van der Waals surface area contributed by atoms with Crippen LogP contribution in [0, 0.1) is 5.82 Å². The highest BCUT2D eigenvalue weighted by atomic mass is 19.1. The van der Waals surface area contributed by atoms with Crippen LogP contribution in [0.2, 0.25) is 0 Å². The van der Waals surface area contributed by atoms with Crippen molar-refractivity contribution in [3.8, 4) is 5.75 Å². The van der Waals surface area contributed by atoms with Gasteiger partial charge in [-0.3, -0.25) is 14.5 Å². The summed E-state index contributed by atoms with van der Waals surface area (Å²) in [6.45, 7) is 2.10. The molecule has 196 valence electrons. The molecule has 1 aliphatic carbocycles. The number of fused-ring (bicyclic) bond motifs is 1. The summed E-state index contributed by atoms with van der Waals surface area (Å²) < 4.78 is 22.4. The van der Waals surface area contributed by atoms with Crippen LogP contribution in [0.1, 0.15) is 44.2 Å². The van der Waals surface area contributed by atoms with Gasteiger partial charge in [0.15, 0.2) is 0 Å². The van der Waals surface area contributed by atoms with Crippen molar-refractivity contribution >= 4 is 28.5 Å². The molecule has 1 saturated carbocycles. The smallest absolute Gasteiger partial charge is 0.249 e. The van der Waals surface area contributed by atoms with Gasteiger partial charge < -0.3 is 10.1 Å². The molecule has 38 heavy (non-hydrogen) atoms. The Morgan fingerprint density at radius 1 is 1.08 bits per heavy atom. The Hall–Kier alpha value is -4.27. The fourth-order valence-corrected chi connectivity index (χ4v) is 5.01. The number of anilines is 1. The molecular weight excluding hydrogens is 485 g/mol. The highest BCUT2D eigenvalue weighted by Gasteiger charge is 2.36. The van der Waals surface area contributed by atoms with Gasteiger partial charge in [0.1, 0.15) is 29.7 Å². The molecule has 1 heterocycles. The molecule has 1 atom stereocenters. The van der Waals surface area contributed by atoms with Gasteiger partial charge in [-0.15, -0.1) is 5.10 Å². The molecule has 9 heteroatoms. The predicted molar refractivity (Wildman–Crippen MR) is 142 cm³/mol. The maximum atomic E-state index is 15.3. The first-order chi connectivity index (χ1) is 18.5. The maximum Gasteiger partial charge on any atom is 0.249 e. The molecule has 8 nitrogen and oxygen atoms in total. The fraction of sp³-hybridized carbons (Fsp3) is 0.310. The summed E-state index contributed by atoms with van der Waals surface area (Å²) in [5.41, 5.74) is 1.86. The van der Waals surface area contributed by atoms with Crippen molar-refractivity contribution in [2.75, 3.05) is 11.5 Å². The first-order valence-corrected chi connectivity index (χ1v) is 12.9. The highest BCUT2D eigenvalue weighted by molar-refractivity contribution is 6.01. The zero-order chi connectivity index (χ0) is 26.5. The standard InChI is InChI=1S/C29H30FN5O3/c1-2-38-22-13-9-12-21(18-22)35(27(36)19-34-26-17-8-7-16-25(26)32-33-34)28(23-14-5-6-15-24(23)30)29(37)31-20-10-3-4-11-20/h5-9,12-18,20,28H,2-4,10-11,19H2,1H3,(H,31,37)/t28-/m1/s1. The van der Waals surface area contributed by atoms with Crippen LogP contribution >= 0.6 is 0 Å². The van der Waals surface area contributed by atoms with Crippen molar-refractivity contribution in [1.82, 2.24) is 20.3 Å². The van der Waals surface area contributed by atoms with Crippen LogP contribution in [0.25, 0.3) is 11.0 Å². The second-order valence-electron chi connectivity index (χ2n) is 9.34. The lowest BCUT2D eigenvalue weighted by Gasteiger charge is -2.32. The van der Waals surface area contributed by atoms with Crippen LogP contribution in [0.15, 0.2) is 72.8 Å². The van der Waals surface area contributed by atoms with Gasteiger partial charge in [-0.25, -0.2) is 9.07 Å². The molecule has 4 aromatic rings. The number of carbonyl (C=O) groups excluding carboxylic acids is 2. The lowest BCUT2D eigenvalue weighted by molar-refractivity contribution is -0.127. The van der Waals surface area contributed by atoms with Crippen LogP contribution in [0.4, 0.5) is 10.1 Å². The molecule has 1 aliphatic rings. The Balaban J connectivity index is 1.60. The summed E-state index contributed by atoms with van der Waals surface area (Å²) in [7, 11) is 0. The van der Waals surface area contributed by atoms with E-state index in [4.69, 9.17) is 4.74 Å². The van der Waals surface area contributed by atoms with E-state index in [9.17, 15) is 9.59 Å². The van der Waals surface area contributed by atoms with Crippen molar-refractivity contribution < 1.29 is 18.7 Å². The van der Waals surface area contributed by atoms with Gasteiger partial charge in [-0.1, -0.05) is 54.5 Å². The third kappa shape index (κ3) is 5.37. The molecule has 0 saturated heterocycles. The van der Waals surface area contributed by atoms with E-state index in [1.807, 2.05) is 31.2 Å². The largest absolute Gasteiger partial charge is 0.494 e. The van der Waals surface area contributed by atoms with Crippen LogP contribution < -0.4 is 15.0 Å². The number of nitrogens with zero attached hydrogens (tertiary/aromatic N) is 4. The summed E-state index contributed by atoms with van der Waals surface area (Å²) in [4.78, 5) is 29.3. The third-order valence-corrected chi connectivity index (χ3v) is 6.79. The van der Waals surface area contributed by atoms with Crippen LogP contribution in [-0.4, -0.2) is 39.5 Å². The number of ether oxygens (including phenoxy) is 1. The Labute approximate surface area is 220 Å². The normalized spacial score (nSPS) is 14.4. The minimum atomic E-state index is -1.24. The lowest BCUT2D eigenvalue weighted by atomic mass is 10.0. The van der Waals surface area contributed by atoms with E-state index in [1.54, 1.807) is 42.5 Å². The molecule has 0 radical (unpaired) electrons. The molecule has 1 aromatic heterocycles. The Kier molecular flexibility index (Phi) is 7.62. The van der Waals surface area contributed by atoms with E-state index in [0.29, 0.717) is 29.1 Å². The van der Waals surface area contributed by atoms with E-state index in [-0.39, 0.29) is 18.2 Å². The fourth-order valence-electron chi connectivity index (χ4n) is 5.01. The molecule has 0 unspecified atom stereocenters. The summed E-state index contributed by atoms with van der Waals surface area (Å²) in [5, 5.41) is 11.4. The molecular formula is C29H30FN5O3. The summed E-state index contributed by atoms with van der Waals surface area (Å²) >= 11 is 0. The van der Waals surface area contributed by atoms with E-state index < -0.39 is 23.7 Å². The minimum absolute atomic E-state index is 0.0113. The lowest BCUT2D eigenvalue weighted by Crippen LogP contribution is -2.47. The first-order valence-electron chi connectivity index (χ1n) is 12.9. The van der Waals surface area contributed by atoms with Gasteiger partial charge in [-0.05, 0) is 50.1 Å². The number of carbonyl (C=O) groups is 2. The number of hydrogen-bond donors (Lipinski definition) is 1. The Bertz CT molecular complexity index is 1430. The highest BCUT2D eigenvalue weighted by Crippen LogP contribution is 2.33. The molecule has 0 aliphatic heterocycles. The number of benzene rings is 3. The SMILES string of the molecule is CCOc1cccc(N(C(=O)Cn2nnc3ccccc32)[C@@H](C(=O)NC2CCCC2)c2ccccc2F)c1. The third-order valence-electron chi connectivity index (χ3n) is 6.79. The monoisotopic (exact) mass is 515 g/mol. The maximum absolute atomic E-state index is 15.3. The van der Waals surface area contributed by atoms with E-state index in [2.05, 4.69) is 15.6 Å². The van der Waals surface area contributed by atoms with Crippen LogP contribution in [0.5, 0.6) is 5.75 Å². The summed E-state index contributed by atoms with van der Waals surface area (Å²) in [6, 6.07) is 19.1. The van der Waals surface area contributed by atoms with Gasteiger partial charge in [0.05, 0.1) is 12.1 Å². The average Bonchev–Trinajstić information content (AvgIpc) is 3.58. The molecule has 3 aromatic carbocycles. The van der Waals surface area contributed by atoms with Crippen LogP contribution in [0.3, 0.4) is 0 Å². The van der Waals surface area contributed by atoms with Crippen LogP contribution in [-0.2, 0) is 16.1 Å². The molecule has 2 amide bonds. The van der Waals surface area contributed by atoms with Crippen molar-refractivity contribution in [3.05, 3.63) is 84.2 Å². The van der Waals surface area contributed by atoms with Crippen molar-refractivity contribution in [2.45, 2.75) is 51.2 Å². The number of para-hydroxylation sites is 1. The molecule has 0 bridgehead atoms. The zero-order valence-corrected chi connectivity index (χ0v) is 21.2. The summed E-state index contributed by atoms with van der Waals surface area (Å²) in [5.74, 6) is -0.897. The number of rotatable bonds is 9. The quantitative estimate of drug-likeness (QED) is 0.346. The number of aromatic nitrogens is 3. The number of nitrogens with one attached hydrogen (secondary N) is 1. The summed E-state index contributed by atoms with van der Waals surface area (Å²) in [6.07, 6.45) is 3.75. The van der Waals surface area contributed by atoms with E-state index in [1.165, 1.54) is 15.6 Å². The Morgan fingerprint density at radius 3 is 2.63 bits per heavy atom. The average molecular weight is 516 g/mol. The van der Waals surface area contributed by atoms with Gasteiger partial charge in [-0.2, -0.15) is 0 Å². The van der Waals surface area contributed by atoms with Gasteiger partial charge in [0.25, 0.3) is 0 Å². The van der Waals surface area contributed by atoms with E-state index >= 15 is 4.39 Å². The zero-order valence-electron chi connectivity index (χ0n) is 21.2. The van der Waals surface area contributed by atoms with Gasteiger partial charge in [0.2, 0.25) is 11.8 Å². The van der Waals surface area contributed by atoms with Crippen molar-refractivity contribution in [1.29, 1.82) is 0 Å². The number of hydrogen-bond acceptors (Lipinski definition) is 5. The predicted octanol–water partition coefficient (Wildman–Crippen LogP) is 4.80. The van der Waals surface area contributed by atoms with Crippen molar-refractivity contribution in [3.63, 3.8) is 0 Å².